The number of amides is 1. The summed E-state index contributed by atoms with van der Waals surface area (Å²) in [4.78, 5) is 18.8. The molecule has 0 radical (unpaired) electrons. The normalized spacial score (nSPS) is 14.8. The third-order valence-corrected chi connectivity index (χ3v) is 5.33. The number of rotatable bonds is 3. The minimum Gasteiger partial charge on any atom is -0.472 e. The van der Waals surface area contributed by atoms with E-state index in [4.69, 9.17) is 4.42 Å². The number of nitriles is 1. The SMILES string of the molecule is Cc1cc(C)c2ncc(C#N)c(NC3CCN(C(=O)c4ccoc4)CC3)c2c1. The zero-order chi connectivity index (χ0) is 19.7. The molecule has 1 amide bonds. The fraction of sp³-hybridized carbons (Fsp3) is 0.318. The number of fused-ring (bicyclic) bond motifs is 1. The number of furan rings is 1. The average molecular weight is 374 g/mol. The summed E-state index contributed by atoms with van der Waals surface area (Å²) in [7, 11) is 0. The minimum atomic E-state index is 0.00512. The molecule has 3 aromatic rings. The zero-order valence-electron chi connectivity index (χ0n) is 16.0. The lowest BCUT2D eigenvalue weighted by Crippen LogP contribution is -2.42. The number of likely N-dealkylation sites (tertiary alicyclic amines) is 1. The molecule has 1 fully saturated rings. The molecular formula is C22H22N4O2. The summed E-state index contributed by atoms with van der Waals surface area (Å²) in [5, 5.41) is 14.1. The lowest BCUT2D eigenvalue weighted by molar-refractivity contribution is 0.0718. The van der Waals surface area contributed by atoms with Crippen molar-refractivity contribution in [3.63, 3.8) is 0 Å². The first kappa shape index (κ1) is 18.1. The molecule has 142 valence electrons. The number of carbonyl (C=O) groups is 1. The smallest absolute Gasteiger partial charge is 0.257 e. The molecule has 1 aliphatic rings. The van der Waals surface area contributed by atoms with Crippen molar-refractivity contribution in [2.24, 2.45) is 0 Å². The molecule has 6 nitrogen and oxygen atoms in total. The Labute approximate surface area is 163 Å². The van der Waals surface area contributed by atoms with Gasteiger partial charge in [0.25, 0.3) is 5.91 Å². The van der Waals surface area contributed by atoms with Crippen LogP contribution < -0.4 is 5.32 Å². The molecule has 0 atom stereocenters. The van der Waals surface area contributed by atoms with Gasteiger partial charge in [-0.15, -0.1) is 0 Å². The van der Waals surface area contributed by atoms with Crippen molar-refractivity contribution in [1.29, 1.82) is 5.26 Å². The highest BCUT2D eigenvalue weighted by atomic mass is 16.3. The van der Waals surface area contributed by atoms with Gasteiger partial charge in [-0.25, -0.2) is 0 Å². The maximum atomic E-state index is 12.5. The van der Waals surface area contributed by atoms with Gasteiger partial charge in [0, 0.05) is 30.7 Å². The molecule has 1 saturated heterocycles. The highest BCUT2D eigenvalue weighted by Crippen LogP contribution is 2.30. The molecule has 3 heterocycles. The Hall–Kier alpha value is -3.33. The summed E-state index contributed by atoms with van der Waals surface area (Å²) < 4.78 is 5.02. The van der Waals surface area contributed by atoms with Crippen LogP contribution in [0, 0.1) is 25.2 Å². The molecule has 1 N–H and O–H groups in total. The number of aryl methyl sites for hydroxylation is 2. The van der Waals surface area contributed by atoms with Crippen molar-refractivity contribution in [2.45, 2.75) is 32.7 Å². The Bertz CT molecular complexity index is 1060. The highest BCUT2D eigenvalue weighted by Gasteiger charge is 2.25. The molecule has 4 rings (SSSR count). The van der Waals surface area contributed by atoms with Crippen LogP contribution in [0.2, 0.25) is 0 Å². The standard InChI is InChI=1S/C22H22N4O2/c1-14-9-15(2)20-19(10-14)21(17(11-23)12-24-20)25-18-3-6-26(7-4-18)22(27)16-5-8-28-13-16/h5,8-10,12-13,18H,3-4,6-7H2,1-2H3,(H,24,25). The predicted molar refractivity (Wildman–Crippen MR) is 107 cm³/mol. The minimum absolute atomic E-state index is 0.00512. The fourth-order valence-corrected chi connectivity index (χ4v) is 3.90. The highest BCUT2D eigenvalue weighted by molar-refractivity contribution is 5.96. The summed E-state index contributed by atoms with van der Waals surface area (Å²) in [5.74, 6) is 0.00512. The van der Waals surface area contributed by atoms with Gasteiger partial charge in [-0.3, -0.25) is 9.78 Å². The van der Waals surface area contributed by atoms with Crippen LogP contribution in [0.15, 0.2) is 41.3 Å². The number of carbonyl (C=O) groups excluding carboxylic acids is 1. The van der Waals surface area contributed by atoms with Crippen molar-refractivity contribution in [2.75, 3.05) is 18.4 Å². The maximum absolute atomic E-state index is 12.5. The van der Waals surface area contributed by atoms with Crippen LogP contribution in [0.3, 0.4) is 0 Å². The predicted octanol–water partition coefficient (Wildman–Crippen LogP) is 4.03. The molecule has 0 bridgehead atoms. The Morgan fingerprint density at radius 2 is 2.11 bits per heavy atom. The van der Waals surface area contributed by atoms with Gasteiger partial charge in [0.05, 0.1) is 28.6 Å². The molecule has 0 unspecified atom stereocenters. The topological polar surface area (TPSA) is 82.2 Å². The summed E-state index contributed by atoms with van der Waals surface area (Å²) >= 11 is 0. The van der Waals surface area contributed by atoms with Crippen LogP contribution in [-0.4, -0.2) is 34.9 Å². The van der Waals surface area contributed by atoms with Crippen molar-refractivity contribution in [3.05, 3.63) is 59.2 Å². The first-order valence-electron chi connectivity index (χ1n) is 9.45. The van der Waals surface area contributed by atoms with Gasteiger partial charge in [0.2, 0.25) is 0 Å². The van der Waals surface area contributed by atoms with Gasteiger partial charge in [-0.1, -0.05) is 11.6 Å². The first-order valence-corrected chi connectivity index (χ1v) is 9.45. The number of anilines is 1. The lowest BCUT2D eigenvalue weighted by atomic mass is 10.00. The molecule has 0 saturated carbocycles. The number of aromatic nitrogens is 1. The van der Waals surface area contributed by atoms with Crippen LogP contribution in [-0.2, 0) is 0 Å². The van der Waals surface area contributed by atoms with Crippen LogP contribution in [0.25, 0.3) is 10.9 Å². The quantitative estimate of drug-likeness (QED) is 0.748. The fourth-order valence-electron chi connectivity index (χ4n) is 3.90. The lowest BCUT2D eigenvalue weighted by Gasteiger charge is -2.33. The second kappa shape index (κ2) is 7.35. The van der Waals surface area contributed by atoms with Gasteiger partial charge >= 0.3 is 0 Å². The molecule has 0 spiro atoms. The number of pyridine rings is 1. The first-order chi connectivity index (χ1) is 13.6. The maximum Gasteiger partial charge on any atom is 0.257 e. The summed E-state index contributed by atoms with van der Waals surface area (Å²) in [6.07, 6.45) is 6.29. The number of hydrogen-bond acceptors (Lipinski definition) is 5. The van der Waals surface area contributed by atoms with E-state index in [1.165, 1.54) is 12.5 Å². The number of nitrogens with zero attached hydrogens (tertiary/aromatic N) is 3. The number of piperidine rings is 1. The van der Waals surface area contributed by atoms with Crippen LogP contribution in [0.1, 0.15) is 39.9 Å². The van der Waals surface area contributed by atoms with Gasteiger partial charge in [-0.05, 0) is 44.4 Å². The second-order valence-corrected chi connectivity index (χ2v) is 7.36. The van der Waals surface area contributed by atoms with Crippen LogP contribution in [0.5, 0.6) is 0 Å². The molecule has 1 aromatic carbocycles. The van der Waals surface area contributed by atoms with Crippen molar-refractivity contribution >= 4 is 22.5 Å². The molecule has 2 aromatic heterocycles. The van der Waals surface area contributed by atoms with E-state index >= 15 is 0 Å². The van der Waals surface area contributed by atoms with E-state index in [-0.39, 0.29) is 11.9 Å². The van der Waals surface area contributed by atoms with Crippen molar-refractivity contribution in [3.8, 4) is 6.07 Å². The molecular weight excluding hydrogens is 352 g/mol. The van der Waals surface area contributed by atoms with Crippen molar-refractivity contribution < 1.29 is 9.21 Å². The van der Waals surface area contributed by atoms with Crippen LogP contribution >= 0.6 is 0 Å². The van der Waals surface area contributed by atoms with Crippen molar-refractivity contribution in [1.82, 2.24) is 9.88 Å². The Kier molecular flexibility index (Phi) is 4.74. The van der Waals surface area contributed by atoms with Gasteiger partial charge in [0.1, 0.15) is 12.3 Å². The van der Waals surface area contributed by atoms with E-state index in [1.807, 2.05) is 11.8 Å². The van der Waals surface area contributed by atoms with E-state index < -0.39 is 0 Å². The summed E-state index contributed by atoms with van der Waals surface area (Å²) in [6.45, 7) is 5.43. The summed E-state index contributed by atoms with van der Waals surface area (Å²) in [5.41, 5.74) is 5.14. The third kappa shape index (κ3) is 3.31. The van der Waals surface area contributed by atoms with Gasteiger partial charge in [-0.2, -0.15) is 5.26 Å². The van der Waals surface area contributed by atoms with Crippen LogP contribution in [0.4, 0.5) is 5.69 Å². The monoisotopic (exact) mass is 374 g/mol. The van der Waals surface area contributed by atoms with E-state index in [9.17, 15) is 10.1 Å². The second-order valence-electron chi connectivity index (χ2n) is 7.36. The third-order valence-electron chi connectivity index (χ3n) is 5.33. The van der Waals surface area contributed by atoms with E-state index in [1.54, 1.807) is 12.3 Å². The van der Waals surface area contributed by atoms with Gasteiger partial charge < -0.3 is 14.6 Å². The van der Waals surface area contributed by atoms with E-state index in [0.29, 0.717) is 24.2 Å². The van der Waals surface area contributed by atoms with E-state index in [2.05, 4.69) is 35.4 Å². The Morgan fingerprint density at radius 3 is 2.79 bits per heavy atom. The molecule has 6 heteroatoms. The van der Waals surface area contributed by atoms with Gasteiger partial charge in [0.15, 0.2) is 0 Å². The summed E-state index contributed by atoms with van der Waals surface area (Å²) in [6, 6.07) is 8.34. The largest absolute Gasteiger partial charge is 0.472 e. The van der Waals surface area contributed by atoms with E-state index in [0.717, 1.165) is 40.6 Å². The molecule has 1 aliphatic heterocycles. The number of hydrogen-bond donors (Lipinski definition) is 1. The Balaban J connectivity index is 1.55. The molecule has 28 heavy (non-hydrogen) atoms. The molecule has 0 aliphatic carbocycles. The Morgan fingerprint density at radius 1 is 1.32 bits per heavy atom. The number of benzene rings is 1. The zero-order valence-corrected chi connectivity index (χ0v) is 16.0. The average Bonchev–Trinajstić information content (AvgIpc) is 3.23. The number of nitrogens with one attached hydrogen (secondary N) is 1.